The molecule has 0 N–H and O–H groups in total. The highest BCUT2D eigenvalue weighted by Crippen LogP contribution is 2.25. The summed E-state index contributed by atoms with van der Waals surface area (Å²) in [5, 5.41) is 0. The normalized spacial score (nSPS) is 11.2. The number of carbonyl (C=O) groups is 1. The molecule has 0 aromatic carbocycles. The summed E-state index contributed by atoms with van der Waals surface area (Å²) in [5.74, 6) is -1.03. The highest BCUT2D eigenvalue weighted by molar-refractivity contribution is 14.1. The zero-order chi connectivity index (χ0) is 13.9. The number of alkyl halides is 3. The van der Waals surface area contributed by atoms with Gasteiger partial charge >= 0.3 is 12.3 Å². The van der Waals surface area contributed by atoms with Crippen molar-refractivity contribution in [3.05, 3.63) is 20.9 Å². The Bertz CT molecular complexity index is 439. The molecule has 0 radical (unpaired) electrons. The summed E-state index contributed by atoms with van der Waals surface area (Å²) in [7, 11) is 1.24. The number of aromatic nitrogens is 1. The van der Waals surface area contributed by atoms with E-state index in [9.17, 15) is 18.0 Å². The molecular weight excluding hydrogens is 366 g/mol. The number of hydrogen-bond donors (Lipinski definition) is 0. The fourth-order valence-corrected chi connectivity index (χ4v) is 2.09. The van der Waals surface area contributed by atoms with Crippen molar-refractivity contribution in [3.63, 3.8) is 0 Å². The number of methoxy groups -OCH3 is 1. The molecule has 18 heavy (non-hydrogen) atoms. The van der Waals surface area contributed by atoms with Crippen molar-refractivity contribution in [2.24, 2.45) is 0 Å². The average molecular weight is 375 g/mol. The fourth-order valence-electron chi connectivity index (χ4n) is 1.23. The van der Waals surface area contributed by atoms with Gasteiger partial charge in [-0.3, -0.25) is 4.79 Å². The van der Waals surface area contributed by atoms with Crippen LogP contribution in [0.5, 0.6) is 5.88 Å². The van der Waals surface area contributed by atoms with E-state index in [1.807, 2.05) is 0 Å². The number of aryl methyl sites for hydroxylation is 1. The maximum Gasteiger partial charge on any atom is 0.574 e. The number of esters is 1. The minimum absolute atomic E-state index is 0.0418. The third-order valence-corrected chi connectivity index (χ3v) is 2.93. The number of rotatable bonds is 3. The Labute approximate surface area is 115 Å². The zero-order valence-corrected chi connectivity index (χ0v) is 11.6. The van der Waals surface area contributed by atoms with Crippen molar-refractivity contribution in [2.45, 2.75) is 19.7 Å². The Kier molecular flexibility index (Phi) is 4.77. The molecule has 0 aliphatic carbocycles. The maximum atomic E-state index is 12.0. The first-order valence-electron chi connectivity index (χ1n) is 4.71. The van der Waals surface area contributed by atoms with E-state index < -0.39 is 18.2 Å². The van der Waals surface area contributed by atoms with Crippen molar-refractivity contribution in [3.8, 4) is 5.88 Å². The van der Waals surface area contributed by atoms with Crippen LogP contribution in [0.4, 0.5) is 13.2 Å². The van der Waals surface area contributed by atoms with Crippen LogP contribution in [0, 0.1) is 10.6 Å². The third-order valence-electron chi connectivity index (χ3n) is 2.04. The number of halogens is 4. The van der Waals surface area contributed by atoms with E-state index in [4.69, 9.17) is 0 Å². The molecule has 0 saturated heterocycles. The number of ether oxygens (including phenoxy) is 2. The van der Waals surface area contributed by atoms with E-state index in [2.05, 4.69) is 14.5 Å². The minimum atomic E-state index is -4.79. The maximum absolute atomic E-state index is 12.0. The molecule has 0 amide bonds. The Morgan fingerprint density at radius 1 is 1.50 bits per heavy atom. The second kappa shape index (κ2) is 5.72. The Balaban J connectivity index is 3.01. The SMILES string of the molecule is COC(=O)Cc1c(C)cc(OC(F)(F)F)nc1I. The van der Waals surface area contributed by atoms with Gasteiger partial charge in [0.25, 0.3) is 0 Å². The molecule has 0 atom stereocenters. The van der Waals surface area contributed by atoms with Crippen LogP contribution >= 0.6 is 22.6 Å². The summed E-state index contributed by atoms with van der Waals surface area (Å²) in [6.45, 7) is 1.57. The Morgan fingerprint density at radius 3 is 2.56 bits per heavy atom. The van der Waals surface area contributed by atoms with Crippen LogP contribution in [0.3, 0.4) is 0 Å². The lowest BCUT2D eigenvalue weighted by Gasteiger charge is -2.12. The van der Waals surface area contributed by atoms with Gasteiger partial charge in [0.1, 0.15) is 3.70 Å². The highest BCUT2D eigenvalue weighted by Gasteiger charge is 2.32. The van der Waals surface area contributed by atoms with Crippen molar-refractivity contribution in [1.29, 1.82) is 0 Å². The zero-order valence-electron chi connectivity index (χ0n) is 9.47. The van der Waals surface area contributed by atoms with Crippen LogP contribution in [-0.2, 0) is 16.0 Å². The first-order chi connectivity index (χ1) is 8.23. The van der Waals surface area contributed by atoms with Gasteiger partial charge in [-0.1, -0.05) is 0 Å². The summed E-state index contributed by atoms with van der Waals surface area (Å²) in [4.78, 5) is 14.8. The number of carbonyl (C=O) groups excluding carboxylic acids is 1. The van der Waals surface area contributed by atoms with Gasteiger partial charge in [0.05, 0.1) is 13.5 Å². The lowest BCUT2D eigenvalue weighted by Crippen LogP contribution is -2.19. The molecule has 0 saturated carbocycles. The first-order valence-corrected chi connectivity index (χ1v) is 5.79. The Morgan fingerprint density at radius 2 is 2.11 bits per heavy atom. The second-order valence-corrected chi connectivity index (χ2v) is 4.37. The molecule has 0 aliphatic heterocycles. The number of pyridine rings is 1. The molecule has 100 valence electrons. The van der Waals surface area contributed by atoms with Crippen LogP contribution in [-0.4, -0.2) is 24.4 Å². The van der Waals surface area contributed by atoms with E-state index in [0.29, 0.717) is 11.1 Å². The summed E-state index contributed by atoms with van der Waals surface area (Å²) < 4.78 is 44.6. The standard InChI is InChI=1S/C10H9F3INO3/c1-5-3-7(18-10(11,12)13)15-9(14)6(5)4-8(16)17-2/h3H,4H2,1-2H3. The smallest absolute Gasteiger partial charge is 0.469 e. The molecule has 0 fully saturated rings. The molecule has 1 heterocycles. The van der Waals surface area contributed by atoms with E-state index in [-0.39, 0.29) is 10.1 Å². The Hall–Kier alpha value is -1.06. The number of hydrogen-bond acceptors (Lipinski definition) is 4. The largest absolute Gasteiger partial charge is 0.574 e. The van der Waals surface area contributed by atoms with E-state index >= 15 is 0 Å². The molecule has 1 aromatic rings. The molecule has 8 heteroatoms. The topological polar surface area (TPSA) is 48.4 Å². The highest BCUT2D eigenvalue weighted by atomic mass is 127. The van der Waals surface area contributed by atoms with Gasteiger partial charge in [0.2, 0.25) is 5.88 Å². The van der Waals surface area contributed by atoms with Gasteiger partial charge < -0.3 is 9.47 Å². The minimum Gasteiger partial charge on any atom is -0.469 e. The second-order valence-electron chi connectivity index (χ2n) is 3.35. The van der Waals surface area contributed by atoms with Crippen molar-refractivity contribution < 1.29 is 27.4 Å². The average Bonchev–Trinajstić information content (AvgIpc) is 2.20. The number of nitrogens with zero attached hydrogens (tertiary/aromatic N) is 1. The van der Waals surface area contributed by atoms with E-state index in [1.54, 1.807) is 29.5 Å². The van der Waals surface area contributed by atoms with Crippen LogP contribution in [0.1, 0.15) is 11.1 Å². The summed E-state index contributed by atoms with van der Waals surface area (Å²) in [5.41, 5.74) is 1.01. The van der Waals surface area contributed by atoms with Crippen molar-refractivity contribution >= 4 is 28.6 Å². The van der Waals surface area contributed by atoms with Crippen LogP contribution in [0.15, 0.2) is 6.07 Å². The first kappa shape index (κ1) is 15.0. The molecule has 1 rings (SSSR count). The van der Waals surface area contributed by atoms with Crippen molar-refractivity contribution in [1.82, 2.24) is 4.98 Å². The van der Waals surface area contributed by atoms with Gasteiger partial charge in [-0.15, -0.1) is 13.2 Å². The third kappa shape index (κ3) is 4.31. The van der Waals surface area contributed by atoms with Gasteiger partial charge in [0, 0.05) is 6.07 Å². The molecule has 4 nitrogen and oxygen atoms in total. The molecule has 0 bridgehead atoms. The van der Waals surface area contributed by atoms with Gasteiger partial charge in [-0.2, -0.15) is 0 Å². The molecule has 0 aliphatic rings. The molecule has 0 unspecified atom stereocenters. The summed E-state index contributed by atoms with van der Waals surface area (Å²) in [6.07, 6.45) is -4.83. The van der Waals surface area contributed by atoms with Gasteiger partial charge in [-0.25, -0.2) is 4.98 Å². The lowest BCUT2D eigenvalue weighted by atomic mass is 10.1. The monoisotopic (exact) mass is 375 g/mol. The van der Waals surface area contributed by atoms with Gasteiger partial charge in [-0.05, 0) is 40.6 Å². The van der Waals surface area contributed by atoms with Crippen LogP contribution < -0.4 is 4.74 Å². The van der Waals surface area contributed by atoms with Gasteiger partial charge in [0.15, 0.2) is 0 Å². The molecule has 1 aromatic heterocycles. The predicted octanol–water partition coefficient (Wildman–Crippen LogP) is 2.61. The van der Waals surface area contributed by atoms with E-state index in [1.165, 1.54) is 7.11 Å². The summed E-state index contributed by atoms with van der Waals surface area (Å²) in [6, 6.07) is 1.13. The molecule has 0 spiro atoms. The molecular formula is C10H9F3INO3. The summed E-state index contributed by atoms with van der Waals surface area (Å²) >= 11 is 1.75. The van der Waals surface area contributed by atoms with Crippen LogP contribution in [0.25, 0.3) is 0 Å². The lowest BCUT2D eigenvalue weighted by molar-refractivity contribution is -0.276. The van der Waals surface area contributed by atoms with E-state index in [0.717, 1.165) is 6.07 Å². The van der Waals surface area contributed by atoms with Crippen molar-refractivity contribution in [2.75, 3.05) is 7.11 Å². The predicted molar refractivity (Wildman–Crippen MR) is 64.1 cm³/mol. The fraction of sp³-hybridized carbons (Fsp3) is 0.400. The quantitative estimate of drug-likeness (QED) is 0.463. The van der Waals surface area contributed by atoms with Crippen LogP contribution in [0.2, 0.25) is 0 Å².